The lowest BCUT2D eigenvalue weighted by atomic mass is 10.0. The van der Waals surface area contributed by atoms with Crippen LogP contribution >= 0.6 is 12.2 Å². The van der Waals surface area contributed by atoms with E-state index in [0.717, 1.165) is 25.8 Å². The van der Waals surface area contributed by atoms with Gasteiger partial charge in [0, 0.05) is 6.54 Å². The Balaban J connectivity index is 2.19. The maximum atomic E-state index is 11.2. The van der Waals surface area contributed by atoms with Crippen molar-refractivity contribution >= 4 is 23.2 Å². The highest BCUT2D eigenvalue weighted by atomic mass is 32.1. The third-order valence-corrected chi connectivity index (χ3v) is 2.63. The van der Waals surface area contributed by atoms with Gasteiger partial charge < -0.3 is 10.2 Å². The molecule has 4 heteroatoms. The standard InChI is InChI=1S/C7H10N2OS/c10-6-5-3-1-2-4-9(5)7(11)8-6/h5H,1-4H2,(H,8,10,11). The molecule has 1 N–H and O–H groups in total. The largest absolute Gasteiger partial charge is 0.337 e. The maximum Gasteiger partial charge on any atom is 0.248 e. The minimum atomic E-state index is 0.0521. The smallest absolute Gasteiger partial charge is 0.248 e. The van der Waals surface area contributed by atoms with E-state index in [2.05, 4.69) is 5.32 Å². The average Bonchev–Trinajstić information content (AvgIpc) is 2.30. The molecule has 0 spiro atoms. The van der Waals surface area contributed by atoms with Gasteiger partial charge in [0.15, 0.2) is 5.11 Å². The number of nitrogens with zero attached hydrogens (tertiary/aromatic N) is 1. The van der Waals surface area contributed by atoms with Gasteiger partial charge in [0.05, 0.1) is 0 Å². The monoisotopic (exact) mass is 170 g/mol. The van der Waals surface area contributed by atoms with Crippen molar-refractivity contribution in [1.82, 2.24) is 10.2 Å². The number of rotatable bonds is 0. The van der Waals surface area contributed by atoms with Crippen molar-refractivity contribution in [1.29, 1.82) is 0 Å². The lowest BCUT2D eigenvalue weighted by molar-refractivity contribution is -0.122. The minimum absolute atomic E-state index is 0.0521. The van der Waals surface area contributed by atoms with E-state index in [-0.39, 0.29) is 11.9 Å². The highest BCUT2D eigenvalue weighted by Crippen LogP contribution is 2.20. The molecular weight excluding hydrogens is 160 g/mol. The second-order valence-corrected chi connectivity index (χ2v) is 3.39. The molecule has 60 valence electrons. The summed E-state index contributed by atoms with van der Waals surface area (Å²) in [7, 11) is 0. The molecule has 0 radical (unpaired) electrons. The summed E-state index contributed by atoms with van der Waals surface area (Å²) < 4.78 is 0. The minimum Gasteiger partial charge on any atom is -0.337 e. The summed E-state index contributed by atoms with van der Waals surface area (Å²) in [5.41, 5.74) is 0. The number of hydrogen-bond acceptors (Lipinski definition) is 2. The Hall–Kier alpha value is -0.640. The zero-order valence-corrected chi connectivity index (χ0v) is 6.99. The first-order valence-electron chi connectivity index (χ1n) is 3.90. The van der Waals surface area contributed by atoms with E-state index in [1.165, 1.54) is 0 Å². The molecule has 0 bridgehead atoms. The van der Waals surface area contributed by atoms with Gasteiger partial charge in [-0.3, -0.25) is 4.79 Å². The molecule has 0 aliphatic carbocycles. The fraction of sp³-hybridized carbons (Fsp3) is 0.714. The number of nitrogens with one attached hydrogen (secondary N) is 1. The SMILES string of the molecule is O=C1NC(=S)N2CCCCC12. The van der Waals surface area contributed by atoms with Crippen molar-refractivity contribution in [3.63, 3.8) is 0 Å². The molecule has 0 saturated carbocycles. The van der Waals surface area contributed by atoms with Crippen LogP contribution in [0, 0.1) is 0 Å². The molecule has 11 heavy (non-hydrogen) atoms. The van der Waals surface area contributed by atoms with Crippen LogP contribution in [-0.4, -0.2) is 28.5 Å². The predicted molar refractivity (Wildman–Crippen MR) is 45.1 cm³/mol. The van der Waals surface area contributed by atoms with Crippen LogP contribution in [0.2, 0.25) is 0 Å². The zero-order chi connectivity index (χ0) is 7.84. The summed E-state index contributed by atoms with van der Waals surface area (Å²) in [6.07, 6.45) is 3.27. The number of fused-ring (bicyclic) bond motifs is 1. The first-order chi connectivity index (χ1) is 5.29. The molecule has 0 aromatic rings. The number of carbonyl (C=O) groups excluding carboxylic acids is 1. The Kier molecular flexibility index (Phi) is 1.56. The molecule has 2 aliphatic heterocycles. The molecule has 1 amide bonds. The van der Waals surface area contributed by atoms with Gasteiger partial charge in [-0.25, -0.2) is 0 Å². The lowest BCUT2D eigenvalue weighted by Crippen LogP contribution is -2.38. The Morgan fingerprint density at radius 1 is 1.55 bits per heavy atom. The second kappa shape index (κ2) is 2.44. The van der Waals surface area contributed by atoms with Crippen LogP contribution in [0.4, 0.5) is 0 Å². The molecular formula is C7H10N2OS. The third kappa shape index (κ3) is 1.01. The maximum absolute atomic E-state index is 11.2. The van der Waals surface area contributed by atoms with Crippen molar-refractivity contribution in [2.45, 2.75) is 25.3 Å². The van der Waals surface area contributed by atoms with E-state index in [1.54, 1.807) is 0 Å². The summed E-state index contributed by atoms with van der Waals surface area (Å²) in [6.45, 7) is 0.947. The summed E-state index contributed by atoms with van der Waals surface area (Å²) in [4.78, 5) is 13.2. The van der Waals surface area contributed by atoms with E-state index in [4.69, 9.17) is 12.2 Å². The second-order valence-electron chi connectivity index (χ2n) is 3.00. The molecule has 1 unspecified atom stereocenters. The predicted octanol–water partition coefficient (Wildman–Crippen LogP) is 0.256. The Bertz CT molecular complexity index is 194. The number of piperidine rings is 1. The van der Waals surface area contributed by atoms with Crippen LogP contribution in [0.5, 0.6) is 0 Å². The molecule has 2 fully saturated rings. The number of amides is 1. The quantitative estimate of drug-likeness (QED) is 0.529. The van der Waals surface area contributed by atoms with Crippen molar-refractivity contribution in [2.75, 3.05) is 6.54 Å². The van der Waals surface area contributed by atoms with Crippen molar-refractivity contribution in [3.8, 4) is 0 Å². The van der Waals surface area contributed by atoms with E-state index in [0.29, 0.717) is 5.11 Å². The molecule has 2 heterocycles. The van der Waals surface area contributed by atoms with E-state index in [9.17, 15) is 4.79 Å². The van der Waals surface area contributed by atoms with E-state index < -0.39 is 0 Å². The van der Waals surface area contributed by atoms with Gasteiger partial charge in [-0.15, -0.1) is 0 Å². The van der Waals surface area contributed by atoms with Crippen LogP contribution in [0.3, 0.4) is 0 Å². The fourth-order valence-corrected chi connectivity index (χ4v) is 2.03. The van der Waals surface area contributed by atoms with Gasteiger partial charge in [0.25, 0.3) is 0 Å². The van der Waals surface area contributed by atoms with Gasteiger partial charge >= 0.3 is 0 Å². The molecule has 2 aliphatic rings. The summed E-state index contributed by atoms with van der Waals surface area (Å²) >= 11 is 4.99. The summed E-state index contributed by atoms with van der Waals surface area (Å²) in [6, 6.07) is 0.0521. The van der Waals surface area contributed by atoms with Crippen molar-refractivity contribution < 1.29 is 4.79 Å². The van der Waals surface area contributed by atoms with Crippen molar-refractivity contribution in [2.24, 2.45) is 0 Å². The highest BCUT2D eigenvalue weighted by molar-refractivity contribution is 7.80. The zero-order valence-electron chi connectivity index (χ0n) is 6.17. The van der Waals surface area contributed by atoms with Crippen LogP contribution in [0.15, 0.2) is 0 Å². The third-order valence-electron chi connectivity index (χ3n) is 2.30. The van der Waals surface area contributed by atoms with Crippen LogP contribution in [-0.2, 0) is 4.79 Å². The average molecular weight is 170 g/mol. The van der Waals surface area contributed by atoms with Gasteiger partial charge in [-0.05, 0) is 31.5 Å². The molecule has 1 atom stereocenters. The number of thiocarbonyl (C=S) groups is 1. The van der Waals surface area contributed by atoms with Crippen molar-refractivity contribution in [3.05, 3.63) is 0 Å². The summed E-state index contributed by atoms with van der Waals surface area (Å²) in [5.74, 6) is 0.0923. The normalized spacial score (nSPS) is 30.2. The van der Waals surface area contributed by atoms with Crippen LogP contribution in [0.25, 0.3) is 0 Å². The van der Waals surface area contributed by atoms with Gasteiger partial charge in [-0.2, -0.15) is 0 Å². The molecule has 2 rings (SSSR count). The highest BCUT2D eigenvalue weighted by Gasteiger charge is 2.36. The Morgan fingerprint density at radius 2 is 2.36 bits per heavy atom. The first-order valence-corrected chi connectivity index (χ1v) is 4.31. The van der Waals surface area contributed by atoms with E-state index >= 15 is 0 Å². The van der Waals surface area contributed by atoms with Crippen LogP contribution in [0.1, 0.15) is 19.3 Å². The number of hydrogen-bond donors (Lipinski definition) is 1. The molecule has 3 nitrogen and oxygen atoms in total. The molecule has 0 aromatic heterocycles. The van der Waals surface area contributed by atoms with Gasteiger partial charge in [0.1, 0.15) is 6.04 Å². The molecule has 0 aromatic carbocycles. The number of carbonyl (C=O) groups is 1. The Labute approximate surface area is 70.7 Å². The first kappa shape index (κ1) is 7.03. The fourth-order valence-electron chi connectivity index (χ4n) is 1.71. The van der Waals surface area contributed by atoms with E-state index in [1.807, 2.05) is 4.90 Å². The van der Waals surface area contributed by atoms with Gasteiger partial charge in [-0.1, -0.05) is 0 Å². The topological polar surface area (TPSA) is 32.3 Å². The van der Waals surface area contributed by atoms with Gasteiger partial charge in [0.2, 0.25) is 5.91 Å². The Morgan fingerprint density at radius 3 is 3.09 bits per heavy atom. The lowest BCUT2D eigenvalue weighted by Gasteiger charge is -2.27. The molecule has 2 saturated heterocycles. The van der Waals surface area contributed by atoms with Crippen LogP contribution < -0.4 is 5.32 Å². The summed E-state index contributed by atoms with van der Waals surface area (Å²) in [5, 5.41) is 3.30.